The van der Waals surface area contributed by atoms with Crippen molar-refractivity contribution in [1.82, 2.24) is 4.98 Å². The molecule has 0 radical (unpaired) electrons. The van der Waals surface area contributed by atoms with Crippen molar-refractivity contribution in [2.24, 2.45) is 0 Å². The SMILES string of the molecule is Cc1cc(C)c(CNc2ccc3[nH]ccc3c2)c(C)c1. The second kappa shape index (κ2) is 5.04. The van der Waals surface area contributed by atoms with E-state index in [-0.39, 0.29) is 0 Å². The molecule has 0 bridgehead atoms. The molecular weight excluding hydrogens is 244 g/mol. The zero-order valence-corrected chi connectivity index (χ0v) is 12.2. The van der Waals surface area contributed by atoms with Gasteiger partial charge in [0.2, 0.25) is 0 Å². The van der Waals surface area contributed by atoms with Gasteiger partial charge in [-0.05, 0) is 61.7 Å². The molecule has 0 saturated carbocycles. The highest BCUT2D eigenvalue weighted by Gasteiger charge is 2.04. The van der Waals surface area contributed by atoms with Crippen LogP contribution in [-0.2, 0) is 6.54 Å². The number of hydrogen-bond donors (Lipinski definition) is 2. The molecule has 2 aromatic carbocycles. The van der Waals surface area contributed by atoms with E-state index < -0.39 is 0 Å². The van der Waals surface area contributed by atoms with Crippen LogP contribution in [0.25, 0.3) is 10.9 Å². The van der Waals surface area contributed by atoms with Gasteiger partial charge in [0.25, 0.3) is 0 Å². The summed E-state index contributed by atoms with van der Waals surface area (Å²) in [5.41, 5.74) is 7.78. The van der Waals surface area contributed by atoms with Gasteiger partial charge in [-0.2, -0.15) is 0 Å². The number of aryl methyl sites for hydroxylation is 3. The van der Waals surface area contributed by atoms with E-state index in [2.05, 4.69) is 67.5 Å². The molecule has 2 N–H and O–H groups in total. The number of aromatic amines is 1. The monoisotopic (exact) mass is 264 g/mol. The molecule has 1 heterocycles. The number of aromatic nitrogens is 1. The number of H-pyrrole nitrogens is 1. The lowest BCUT2D eigenvalue weighted by atomic mass is 10.00. The molecule has 0 spiro atoms. The minimum absolute atomic E-state index is 0.869. The van der Waals surface area contributed by atoms with E-state index in [4.69, 9.17) is 0 Å². The molecule has 0 fully saturated rings. The van der Waals surface area contributed by atoms with Crippen molar-refractivity contribution in [1.29, 1.82) is 0 Å². The fourth-order valence-electron chi connectivity index (χ4n) is 2.84. The van der Waals surface area contributed by atoms with Crippen molar-refractivity contribution in [3.63, 3.8) is 0 Å². The van der Waals surface area contributed by atoms with Crippen LogP contribution >= 0.6 is 0 Å². The van der Waals surface area contributed by atoms with E-state index in [0.717, 1.165) is 12.2 Å². The second-order valence-electron chi connectivity index (χ2n) is 5.51. The summed E-state index contributed by atoms with van der Waals surface area (Å²) in [5, 5.41) is 4.77. The smallest absolute Gasteiger partial charge is 0.0455 e. The first kappa shape index (κ1) is 12.8. The molecule has 2 nitrogen and oxygen atoms in total. The largest absolute Gasteiger partial charge is 0.381 e. The summed E-state index contributed by atoms with van der Waals surface area (Å²) < 4.78 is 0. The van der Waals surface area contributed by atoms with Gasteiger partial charge in [-0.3, -0.25) is 0 Å². The van der Waals surface area contributed by atoms with Crippen LogP contribution in [-0.4, -0.2) is 4.98 Å². The van der Waals surface area contributed by atoms with Crippen LogP contribution < -0.4 is 5.32 Å². The van der Waals surface area contributed by atoms with E-state index in [1.807, 2.05) is 6.20 Å². The van der Waals surface area contributed by atoms with Gasteiger partial charge < -0.3 is 10.3 Å². The first-order chi connectivity index (χ1) is 9.63. The number of hydrogen-bond acceptors (Lipinski definition) is 1. The average molecular weight is 264 g/mol. The fraction of sp³-hybridized carbons (Fsp3) is 0.222. The number of anilines is 1. The molecule has 0 aliphatic carbocycles. The van der Waals surface area contributed by atoms with E-state index in [1.54, 1.807) is 0 Å². The summed E-state index contributed by atoms with van der Waals surface area (Å²) in [7, 11) is 0. The maximum absolute atomic E-state index is 3.53. The van der Waals surface area contributed by atoms with Crippen molar-refractivity contribution in [3.8, 4) is 0 Å². The summed E-state index contributed by atoms with van der Waals surface area (Å²) in [4.78, 5) is 3.22. The first-order valence-electron chi connectivity index (χ1n) is 7.01. The zero-order valence-electron chi connectivity index (χ0n) is 12.2. The molecule has 0 atom stereocenters. The van der Waals surface area contributed by atoms with Crippen LogP contribution in [0.4, 0.5) is 5.69 Å². The zero-order chi connectivity index (χ0) is 14.1. The Bertz CT molecular complexity index is 730. The molecule has 0 unspecified atom stereocenters. The summed E-state index contributed by atoms with van der Waals surface area (Å²) in [6.07, 6.45) is 1.97. The van der Waals surface area contributed by atoms with Crippen molar-refractivity contribution < 1.29 is 0 Å². The topological polar surface area (TPSA) is 27.8 Å². The van der Waals surface area contributed by atoms with Crippen molar-refractivity contribution in [3.05, 3.63) is 64.8 Å². The van der Waals surface area contributed by atoms with E-state index >= 15 is 0 Å². The van der Waals surface area contributed by atoms with Gasteiger partial charge in [-0.1, -0.05) is 17.7 Å². The van der Waals surface area contributed by atoms with E-state index in [0.29, 0.717) is 0 Å². The Morgan fingerprint density at radius 1 is 0.950 bits per heavy atom. The molecule has 0 saturated heterocycles. The summed E-state index contributed by atoms with van der Waals surface area (Å²) in [6.45, 7) is 7.39. The average Bonchev–Trinajstić information content (AvgIpc) is 2.84. The fourth-order valence-corrected chi connectivity index (χ4v) is 2.84. The first-order valence-corrected chi connectivity index (χ1v) is 7.01. The van der Waals surface area contributed by atoms with Gasteiger partial charge in [0.1, 0.15) is 0 Å². The highest BCUT2D eigenvalue weighted by Crippen LogP contribution is 2.21. The van der Waals surface area contributed by atoms with Gasteiger partial charge in [0.15, 0.2) is 0 Å². The maximum Gasteiger partial charge on any atom is 0.0455 e. The third kappa shape index (κ3) is 2.42. The lowest BCUT2D eigenvalue weighted by molar-refractivity contribution is 1.08. The van der Waals surface area contributed by atoms with Gasteiger partial charge in [-0.25, -0.2) is 0 Å². The Labute approximate surface area is 119 Å². The molecule has 0 aliphatic rings. The van der Waals surface area contributed by atoms with E-state index in [9.17, 15) is 0 Å². The lowest BCUT2D eigenvalue weighted by Gasteiger charge is -2.13. The van der Waals surface area contributed by atoms with Crippen LogP contribution in [0.3, 0.4) is 0 Å². The highest BCUT2D eigenvalue weighted by molar-refractivity contribution is 5.82. The molecule has 102 valence electrons. The number of nitrogens with one attached hydrogen (secondary N) is 2. The van der Waals surface area contributed by atoms with Gasteiger partial charge in [0, 0.05) is 29.3 Å². The van der Waals surface area contributed by atoms with Crippen LogP contribution in [0.5, 0.6) is 0 Å². The second-order valence-corrected chi connectivity index (χ2v) is 5.51. The van der Waals surface area contributed by atoms with Crippen LogP contribution in [0.2, 0.25) is 0 Å². The number of benzene rings is 2. The molecule has 20 heavy (non-hydrogen) atoms. The molecule has 3 aromatic rings. The van der Waals surface area contributed by atoms with Crippen molar-refractivity contribution in [2.75, 3.05) is 5.32 Å². The van der Waals surface area contributed by atoms with Gasteiger partial charge in [-0.15, -0.1) is 0 Å². The van der Waals surface area contributed by atoms with Crippen molar-refractivity contribution in [2.45, 2.75) is 27.3 Å². The Morgan fingerprint density at radius 3 is 2.45 bits per heavy atom. The molecule has 1 aromatic heterocycles. The molecule has 0 amide bonds. The Balaban J connectivity index is 1.82. The summed E-state index contributed by atoms with van der Waals surface area (Å²) >= 11 is 0. The minimum Gasteiger partial charge on any atom is -0.381 e. The predicted molar refractivity (Wildman–Crippen MR) is 86.3 cm³/mol. The predicted octanol–water partition coefficient (Wildman–Crippen LogP) is 4.71. The molecule has 0 aliphatic heterocycles. The highest BCUT2D eigenvalue weighted by atomic mass is 14.9. The van der Waals surface area contributed by atoms with Gasteiger partial charge >= 0.3 is 0 Å². The van der Waals surface area contributed by atoms with E-state index in [1.165, 1.54) is 33.2 Å². The lowest BCUT2D eigenvalue weighted by Crippen LogP contribution is -2.04. The van der Waals surface area contributed by atoms with Crippen LogP contribution in [0, 0.1) is 20.8 Å². The molecule has 3 rings (SSSR count). The summed E-state index contributed by atoms with van der Waals surface area (Å²) in [5.74, 6) is 0. The number of fused-ring (bicyclic) bond motifs is 1. The molecule has 2 heteroatoms. The van der Waals surface area contributed by atoms with Crippen LogP contribution in [0.15, 0.2) is 42.6 Å². The standard InChI is InChI=1S/C18H20N2/c1-12-8-13(2)17(14(3)9-12)11-20-16-4-5-18-15(10-16)6-7-19-18/h4-10,19-20H,11H2,1-3H3. The number of rotatable bonds is 3. The van der Waals surface area contributed by atoms with Gasteiger partial charge in [0.05, 0.1) is 0 Å². The third-order valence-electron chi connectivity index (χ3n) is 3.86. The molecular formula is C18H20N2. The van der Waals surface area contributed by atoms with Crippen LogP contribution in [0.1, 0.15) is 22.3 Å². The van der Waals surface area contributed by atoms with Crippen molar-refractivity contribution >= 4 is 16.6 Å². The quantitative estimate of drug-likeness (QED) is 0.704. The normalized spacial score (nSPS) is 10.9. The maximum atomic E-state index is 3.53. The third-order valence-corrected chi connectivity index (χ3v) is 3.86. The Kier molecular flexibility index (Phi) is 3.23. The Morgan fingerprint density at radius 2 is 1.70 bits per heavy atom. The minimum atomic E-state index is 0.869. The summed E-state index contributed by atoms with van der Waals surface area (Å²) in [6, 6.07) is 13.0. The Hall–Kier alpha value is -2.22.